The molecule has 2 amide bonds. The van der Waals surface area contributed by atoms with Gasteiger partial charge < -0.3 is 10.2 Å². The number of nitrogens with one attached hydrogen (secondary N) is 1. The number of benzene rings is 3. The van der Waals surface area contributed by atoms with Gasteiger partial charge in [-0.15, -0.1) is 0 Å². The third kappa shape index (κ3) is 7.69. The monoisotopic (exact) mass is 592 g/mol. The van der Waals surface area contributed by atoms with Crippen molar-refractivity contribution < 1.29 is 22.9 Å². The van der Waals surface area contributed by atoms with E-state index in [1.54, 1.807) is 42.5 Å². The van der Waals surface area contributed by atoms with Crippen molar-refractivity contribution in [2.75, 3.05) is 24.2 Å². The molecule has 13 heteroatoms. The molecule has 0 aliphatic carbocycles. The Labute approximate surface area is 236 Å². The second kappa shape index (κ2) is 12.9. The lowest BCUT2D eigenvalue weighted by atomic mass is 10.0. The van der Waals surface area contributed by atoms with Gasteiger partial charge in [-0.3, -0.25) is 24.0 Å². The third-order valence-electron chi connectivity index (χ3n) is 5.92. The van der Waals surface area contributed by atoms with Gasteiger partial charge in [0.2, 0.25) is 21.8 Å². The van der Waals surface area contributed by atoms with Gasteiger partial charge >= 0.3 is 0 Å². The molecule has 10 nitrogen and oxygen atoms in total. The van der Waals surface area contributed by atoms with E-state index in [1.807, 2.05) is 6.07 Å². The summed E-state index contributed by atoms with van der Waals surface area (Å²) < 4.78 is 26.3. The maximum absolute atomic E-state index is 13.9. The fourth-order valence-electron chi connectivity index (χ4n) is 3.95. The van der Waals surface area contributed by atoms with Gasteiger partial charge in [0.05, 0.1) is 16.9 Å². The molecule has 0 unspecified atom stereocenters. The number of anilines is 1. The van der Waals surface area contributed by atoms with Gasteiger partial charge in [-0.05, 0) is 23.8 Å². The van der Waals surface area contributed by atoms with Crippen molar-refractivity contribution in [3.05, 3.63) is 104 Å². The molecule has 0 radical (unpaired) electrons. The van der Waals surface area contributed by atoms with Gasteiger partial charge in [0.15, 0.2) is 0 Å². The van der Waals surface area contributed by atoms with Gasteiger partial charge in [0.25, 0.3) is 5.69 Å². The Morgan fingerprint density at radius 1 is 1.00 bits per heavy atom. The largest absolute Gasteiger partial charge is 0.357 e. The molecule has 3 aromatic carbocycles. The molecule has 0 saturated carbocycles. The van der Waals surface area contributed by atoms with Gasteiger partial charge in [0.1, 0.15) is 12.6 Å². The molecule has 0 saturated heterocycles. The van der Waals surface area contributed by atoms with E-state index in [4.69, 9.17) is 23.2 Å². The number of rotatable bonds is 11. The van der Waals surface area contributed by atoms with E-state index in [2.05, 4.69) is 5.32 Å². The van der Waals surface area contributed by atoms with Crippen molar-refractivity contribution in [3.63, 3.8) is 0 Å². The van der Waals surface area contributed by atoms with Crippen LogP contribution in [0.1, 0.15) is 11.1 Å². The van der Waals surface area contributed by atoms with Crippen molar-refractivity contribution in [2.24, 2.45) is 0 Å². The number of hydrogen-bond acceptors (Lipinski definition) is 6. The summed E-state index contributed by atoms with van der Waals surface area (Å²) in [6.45, 7) is -0.931. The van der Waals surface area contributed by atoms with Crippen LogP contribution in [0.15, 0.2) is 72.8 Å². The number of nitro benzene ring substituents is 1. The van der Waals surface area contributed by atoms with Crippen LogP contribution in [0.3, 0.4) is 0 Å². The summed E-state index contributed by atoms with van der Waals surface area (Å²) in [5, 5.41) is 14.4. The summed E-state index contributed by atoms with van der Waals surface area (Å²) in [5.74, 6) is -1.23. The van der Waals surface area contributed by atoms with E-state index in [1.165, 1.54) is 30.1 Å². The van der Waals surface area contributed by atoms with Crippen molar-refractivity contribution in [3.8, 4) is 0 Å². The Kier molecular flexibility index (Phi) is 9.90. The Morgan fingerprint density at radius 2 is 1.62 bits per heavy atom. The Bertz CT molecular complexity index is 1450. The summed E-state index contributed by atoms with van der Waals surface area (Å²) in [5.41, 5.74) is 0.709. The van der Waals surface area contributed by atoms with E-state index < -0.39 is 39.3 Å². The van der Waals surface area contributed by atoms with Crippen molar-refractivity contribution in [1.82, 2.24) is 10.2 Å². The molecule has 0 fully saturated rings. The maximum Gasteiger partial charge on any atom is 0.271 e. The lowest BCUT2D eigenvalue weighted by Gasteiger charge is -2.33. The van der Waals surface area contributed by atoms with Crippen LogP contribution in [0, 0.1) is 10.1 Å². The van der Waals surface area contributed by atoms with Crippen LogP contribution in [0.5, 0.6) is 0 Å². The van der Waals surface area contributed by atoms with E-state index in [0.29, 0.717) is 5.56 Å². The van der Waals surface area contributed by atoms with Crippen LogP contribution >= 0.6 is 23.2 Å². The molecule has 0 aliphatic rings. The highest BCUT2D eigenvalue weighted by Crippen LogP contribution is 2.28. The molecular formula is C26H26Cl2N4O6S. The SMILES string of the molecule is CNC(=O)[C@H](Cc1ccccc1)N(Cc1c(Cl)cccc1Cl)C(=O)CN(c1cccc([N+](=O)[O-])c1)S(C)(=O)=O. The fourth-order valence-corrected chi connectivity index (χ4v) is 5.31. The first-order valence-corrected chi connectivity index (χ1v) is 14.2. The molecule has 39 heavy (non-hydrogen) atoms. The molecule has 3 aromatic rings. The maximum atomic E-state index is 13.9. The van der Waals surface area contributed by atoms with Gasteiger partial charge in [-0.2, -0.15) is 0 Å². The normalized spacial score (nSPS) is 11.9. The predicted molar refractivity (Wildman–Crippen MR) is 150 cm³/mol. The zero-order chi connectivity index (χ0) is 28.7. The third-order valence-corrected chi connectivity index (χ3v) is 7.76. The van der Waals surface area contributed by atoms with E-state index in [9.17, 15) is 28.1 Å². The molecular weight excluding hydrogens is 567 g/mol. The van der Waals surface area contributed by atoms with Crippen LogP contribution in [-0.4, -0.2) is 55.9 Å². The quantitative estimate of drug-likeness (QED) is 0.264. The van der Waals surface area contributed by atoms with Crippen molar-refractivity contribution in [1.29, 1.82) is 0 Å². The van der Waals surface area contributed by atoms with Crippen LogP contribution in [-0.2, 0) is 32.6 Å². The summed E-state index contributed by atoms with van der Waals surface area (Å²) in [4.78, 5) is 38.8. The molecule has 0 spiro atoms. The van der Waals surface area contributed by atoms with Crippen LogP contribution < -0.4 is 9.62 Å². The number of carbonyl (C=O) groups is 2. The summed E-state index contributed by atoms with van der Waals surface area (Å²) >= 11 is 12.8. The van der Waals surface area contributed by atoms with Gasteiger partial charge in [-0.25, -0.2) is 8.42 Å². The zero-order valence-electron chi connectivity index (χ0n) is 21.1. The molecule has 1 atom stereocenters. The fraction of sp³-hybridized carbons (Fsp3) is 0.231. The number of sulfonamides is 1. The highest BCUT2D eigenvalue weighted by molar-refractivity contribution is 7.92. The number of carbonyl (C=O) groups excluding carboxylic acids is 2. The average molecular weight is 593 g/mol. The first kappa shape index (κ1) is 29.9. The summed E-state index contributed by atoms with van der Waals surface area (Å²) in [7, 11) is -2.65. The highest BCUT2D eigenvalue weighted by atomic mass is 35.5. The number of amides is 2. The van der Waals surface area contributed by atoms with Crippen molar-refractivity contribution >= 4 is 56.4 Å². The molecule has 0 heterocycles. The van der Waals surface area contributed by atoms with Crippen molar-refractivity contribution in [2.45, 2.75) is 19.0 Å². The summed E-state index contributed by atoms with van der Waals surface area (Å²) in [6.07, 6.45) is 0.999. The Hall–Kier alpha value is -3.67. The number of likely N-dealkylation sites (N-methyl/N-ethyl adjacent to an activating group) is 1. The lowest BCUT2D eigenvalue weighted by molar-refractivity contribution is -0.384. The first-order chi connectivity index (χ1) is 18.4. The van der Waals surface area contributed by atoms with Crippen LogP contribution in [0.2, 0.25) is 10.0 Å². The molecule has 206 valence electrons. The highest BCUT2D eigenvalue weighted by Gasteiger charge is 2.33. The minimum atomic E-state index is -4.08. The minimum Gasteiger partial charge on any atom is -0.357 e. The lowest BCUT2D eigenvalue weighted by Crippen LogP contribution is -2.53. The van der Waals surface area contributed by atoms with E-state index >= 15 is 0 Å². The van der Waals surface area contributed by atoms with E-state index in [0.717, 1.165) is 22.2 Å². The second-order valence-electron chi connectivity index (χ2n) is 8.59. The molecule has 3 rings (SSSR count). The number of hydrogen-bond donors (Lipinski definition) is 1. The number of non-ortho nitro benzene ring substituents is 1. The number of nitrogens with zero attached hydrogens (tertiary/aromatic N) is 3. The number of halogens is 2. The Balaban J connectivity index is 2.09. The molecule has 0 bridgehead atoms. The molecule has 0 aromatic heterocycles. The topological polar surface area (TPSA) is 130 Å². The number of nitro groups is 1. The van der Waals surface area contributed by atoms with Crippen LogP contribution in [0.25, 0.3) is 0 Å². The smallest absolute Gasteiger partial charge is 0.271 e. The molecule has 0 aliphatic heterocycles. The van der Waals surface area contributed by atoms with Crippen LogP contribution in [0.4, 0.5) is 11.4 Å². The molecule has 1 N–H and O–H groups in total. The second-order valence-corrected chi connectivity index (χ2v) is 11.3. The zero-order valence-corrected chi connectivity index (χ0v) is 23.4. The minimum absolute atomic E-state index is 0.0738. The van der Waals surface area contributed by atoms with E-state index in [-0.39, 0.29) is 34.4 Å². The standard InChI is InChI=1S/C26H26Cl2N4O6S/c1-29-26(34)24(14-18-8-4-3-5-9-18)30(16-21-22(27)12-7-13-23(21)28)25(33)17-31(39(2,37)38)19-10-6-11-20(15-19)32(35)36/h3-13,15,24H,14,16-17H2,1-2H3,(H,29,34)/t24-/m0/s1. The van der Waals surface area contributed by atoms with Gasteiger partial charge in [-0.1, -0.05) is 65.7 Å². The Morgan fingerprint density at radius 3 is 2.18 bits per heavy atom. The summed E-state index contributed by atoms with van der Waals surface area (Å²) in [6, 6.07) is 17.7. The first-order valence-electron chi connectivity index (χ1n) is 11.6. The predicted octanol–water partition coefficient (Wildman–Crippen LogP) is 4.05. The van der Waals surface area contributed by atoms with Gasteiger partial charge in [0, 0.05) is 47.8 Å². The average Bonchev–Trinajstić information content (AvgIpc) is 2.90.